The summed E-state index contributed by atoms with van der Waals surface area (Å²) >= 11 is 2.95. The van der Waals surface area contributed by atoms with Gasteiger partial charge in [0.1, 0.15) is 10.3 Å². The third-order valence-corrected chi connectivity index (χ3v) is 5.82. The van der Waals surface area contributed by atoms with Crippen molar-refractivity contribution >= 4 is 39.0 Å². The van der Waals surface area contributed by atoms with E-state index < -0.39 is 0 Å². The van der Waals surface area contributed by atoms with Gasteiger partial charge in [-0.05, 0) is 30.0 Å². The average molecular weight is 368 g/mol. The minimum atomic E-state index is -0.00625. The van der Waals surface area contributed by atoms with Crippen molar-refractivity contribution in [2.24, 2.45) is 0 Å². The molecule has 4 aromatic heterocycles. The van der Waals surface area contributed by atoms with Crippen molar-refractivity contribution in [2.75, 3.05) is 0 Å². The summed E-state index contributed by atoms with van der Waals surface area (Å²) in [6, 6.07) is 5.94. The maximum Gasteiger partial charge on any atom is 0.272 e. The van der Waals surface area contributed by atoms with Gasteiger partial charge >= 0.3 is 0 Å². The fourth-order valence-electron chi connectivity index (χ4n) is 2.74. The molecule has 0 saturated carbocycles. The van der Waals surface area contributed by atoms with Gasteiger partial charge in [-0.15, -0.1) is 17.9 Å². The van der Waals surface area contributed by atoms with Gasteiger partial charge in [0.2, 0.25) is 0 Å². The van der Waals surface area contributed by atoms with Crippen LogP contribution in [0.3, 0.4) is 0 Å². The molecule has 0 N–H and O–H groups in total. The van der Waals surface area contributed by atoms with Crippen molar-refractivity contribution in [1.29, 1.82) is 0 Å². The van der Waals surface area contributed by atoms with Crippen LogP contribution in [0.5, 0.6) is 0 Å². The topological polar surface area (TPSA) is 52.2 Å². The highest BCUT2D eigenvalue weighted by atomic mass is 32.2. The second-order valence-corrected chi connectivity index (χ2v) is 7.54. The molecule has 0 aliphatic heterocycles. The summed E-state index contributed by atoms with van der Waals surface area (Å²) in [5, 5.41) is 2.60. The van der Waals surface area contributed by atoms with Gasteiger partial charge in [-0.1, -0.05) is 23.9 Å². The number of imidazole rings is 1. The Balaban J connectivity index is 1.69. The van der Waals surface area contributed by atoms with Gasteiger partial charge in [0, 0.05) is 24.7 Å². The highest BCUT2D eigenvalue weighted by molar-refractivity contribution is 7.98. The Labute approximate surface area is 152 Å². The van der Waals surface area contributed by atoms with Crippen molar-refractivity contribution in [3.8, 4) is 0 Å². The Morgan fingerprint density at radius 3 is 3.04 bits per heavy atom. The van der Waals surface area contributed by atoms with Gasteiger partial charge in [-0.2, -0.15) is 0 Å². The Kier molecular flexibility index (Phi) is 4.19. The van der Waals surface area contributed by atoms with Crippen LogP contribution in [0.15, 0.2) is 58.6 Å². The van der Waals surface area contributed by atoms with E-state index in [9.17, 15) is 4.79 Å². The number of thiophene rings is 1. The number of pyridine rings is 1. The molecule has 0 radical (unpaired) electrons. The molecule has 7 heteroatoms. The predicted molar refractivity (Wildman–Crippen MR) is 104 cm³/mol. The maximum absolute atomic E-state index is 12.6. The van der Waals surface area contributed by atoms with Crippen LogP contribution in [-0.2, 0) is 12.3 Å². The molecule has 4 aromatic rings. The number of hydrogen-bond donors (Lipinski definition) is 0. The SMILES string of the molecule is C=CCn1c(SCc2cn3cccc(C)c3n2)nc2ccsc2c1=O. The molecule has 0 fully saturated rings. The maximum atomic E-state index is 12.6. The van der Waals surface area contributed by atoms with E-state index in [-0.39, 0.29) is 5.56 Å². The van der Waals surface area contributed by atoms with Gasteiger partial charge < -0.3 is 4.40 Å². The molecule has 0 aliphatic carbocycles. The van der Waals surface area contributed by atoms with Crippen molar-refractivity contribution in [3.05, 3.63) is 70.2 Å². The molecule has 0 aromatic carbocycles. The van der Waals surface area contributed by atoms with Crippen LogP contribution in [0.25, 0.3) is 15.9 Å². The highest BCUT2D eigenvalue weighted by Gasteiger charge is 2.13. The second kappa shape index (κ2) is 6.50. The average Bonchev–Trinajstić information content (AvgIpc) is 3.23. The summed E-state index contributed by atoms with van der Waals surface area (Å²) in [5.41, 5.74) is 3.81. The normalized spacial score (nSPS) is 11.4. The molecule has 4 heterocycles. The van der Waals surface area contributed by atoms with Crippen LogP contribution < -0.4 is 5.56 Å². The monoisotopic (exact) mass is 368 g/mol. The zero-order valence-corrected chi connectivity index (χ0v) is 15.3. The number of fused-ring (bicyclic) bond motifs is 2. The van der Waals surface area contributed by atoms with Gasteiger partial charge in [0.05, 0.1) is 11.2 Å². The number of thioether (sulfide) groups is 1. The Hall–Kier alpha value is -2.38. The smallest absolute Gasteiger partial charge is 0.272 e. The van der Waals surface area contributed by atoms with E-state index in [4.69, 9.17) is 0 Å². The van der Waals surface area contributed by atoms with Crippen LogP contribution in [-0.4, -0.2) is 18.9 Å². The van der Waals surface area contributed by atoms with E-state index in [1.165, 1.54) is 23.1 Å². The minimum absolute atomic E-state index is 0.00625. The zero-order chi connectivity index (χ0) is 17.4. The molecule has 0 atom stereocenters. The minimum Gasteiger partial charge on any atom is -0.307 e. The van der Waals surface area contributed by atoms with E-state index in [2.05, 4.69) is 16.5 Å². The lowest BCUT2D eigenvalue weighted by atomic mass is 10.3. The van der Waals surface area contributed by atoms with Crippen molar-refractivity contribution in [1.82, 2.24) is 18.9 Å². The van der Waals surface area contributed by atoms with Crippen molar-refractivity contribution in [2.45, 2.75) is 24.4 Å². The van der Waals surface area contributed by atoms with Gasteiger partial charge in [0.25, 0.3) is 5.56 Å². The molecule has 25 heavy (non-hydrogen) atoms. The molecule has 126 valence electrons. The van der Waals surface area contributed by atoms with Crippen LogP contribution in [0, 0.1) is 6.92 Å². The lowest BCUT2D eigenvalue weighted by molar-refractivity contribution is 0.672. The van der Waals surface area contributed by atoms with E-state index in [1.807, 2.05) is 47.3 Å². The second-order valence-electron chi connectivity index (χ2n) is 5.68. The number of hydrogen-bond acceptors (Lipinski definition) is 5. The number of aromatic nitrogens is 4. The first-order valence-electron chi connectivity index (χ1n) is 7.82. The molecule has 5 nitrogen and oxygen atoms in total. The number of rotatable bonds is 5. The quantitative estimate of drug-likeness (QED) is 0.305. The Morgan fingerprint density at radius 1 is 1.36 bits per heavy atom. The summed E-state index contributed by atoms with van der Waals surface area (Å²) in [7, 11) is 0. The number of aryl methyl sites for hydroxylation is 1. The third kappa shape index (κ3) is 2.89. The van der Waals surface area contributed by atoms with Crippen LogP contribution >= 0.6 is 23.1 Å². The number of allylic oxidation sites excluding steroid dienone is 1. The summed E-state index contributed by atoms with van der Waals surface area (Å²) in [6.07, 6.45) is 5.74. The van der Waals surface area contributed by atoms with E-state index in [0.717, 1.165) is 22.4 Å². The van der Waals surface area contributed by atoms with Gasteiger partial charge in [0.15, 0.2) is 5.16 Å². The summed E-state index contributed by atoms with van der Waals surface area (Å²) in [4.78, 5) is 22.0. The van der Waals surface area contributed by atoms with E-state index >= 15 is 0 Å². The molecular weight excluding hydrogens is 352 g/mol. The third-order valence-electron chi connectivity index (χ3n) is 3.92. The molecule has 0 saturated heterocycles. The standard InChI is InChI=1S/C18H16N4OS2/c1-3-7-22-17(23)15-14(6-9-24-15)20-18(22)25-11-13-10-21-8-4-5-12(2)16(21)19-13/h3-6,8-10H,1,7,11H2,2H3. The predicted octanol–water partition coefficient (Wildman–Crippen LogP) is 3.89. The highest BCUT2D eigenvalue weighted by Crippen LogP contribution is 2.24. The first-order chi connectivity index (χ1) is 12.2. The van der Waals surface area contributed by atoms with Crippen LogP contribution in [0.1, 0.15) is 11.3 Å². The molecule has 0 unspecified atom stereocenters. The van der Waals surface area contributed by atoms with Crippen LogP contribution in [0.4, 0.5) is 0 Å². The first kappa shape index (κ1) is 16.1. The molecular formula is C18H16N4OS2. The van der Waals surface area contributed by atoms with E-state index in [0.29, 0.717) is 22.2 Å². The van der Waals surface area contributed by atoms with Crippen molar-refractivity contribution in [3.63, 3.8) is 0 Å². The molecule has 0 amide bonds. The van der Waals surface area contributed by atoms with Crippen LogP contribution in [0.2, 0.25) is 0 Å². The van der Waals surface area contributed by atoms with Gasteiger partial charge in [-0.25, -0.2) is 9.97 Å². The van der Waals surface area contributed by atoms with Crippen molar-refractivity contribution < 1.29 is 0 Å². The number of nitrogens with zero attached hydrogens (tertiary/aromatic N) is 4. The summed E-state index contributed by atoms with van der Waals surface area (Å²) < 4.78 is 4.39. The van der Waals surface area contributed by atoms with Gasteiger partial charge in [-0.3, -0.25) is 9.36 Å². The summed E-state index contributed by atoms with van der Waals surface area (Å²) in [6.45, 7) is 6.25. The molecule has 0 aliphatic rings. The first-order valence-corrected chi connectivity index (χ1v) is 9.69. The lowest BCUT2D eigenvalue weighted by Crippen LogP contribution is -2.21. The summed E-state index contributed by atoms with van der Waals surface area (Å²) in [5.74, 6) is 0.653. The molecule has 4 rings (SSSR count). The van der Waals surface area contributed by atoms with E-state index in [1.54, 1.807) is 10.6 Å². The largest absolute Gasteiger partial charge is 0.307 e. The fraction of sp³-hybridized carbons (Fsp3) is 0.167. The fourth-order valence-corrected chi connectivity index (χ4v) is 4.41. The zero-order valence-electron chi connectivity index (χ0n) is 13.7. The lowest BCUT2D eigenvalue weighted by Gasteiger charge is -2.09. The molecule has 0 spiro atoms. The Morgan fingerprint density at radius 2 is 2.24 bits per heavy atom. The Bertz CT molecular complexity index is 1140. The molecule has 0 bridgehead atoms.